The van der Waals surface area contributed by atoms with E-state index in [0.29, 0.717) is 11.4 Å². The summed E-state index contributed by atoms with van der Waals surface area (Å²) in [7, 11) is 1.76. The average Bonchev–Trinajstić information content (AvgIpc) is 2.27. The van der Waals surface area contributed by atoms with Crippen LogP contribution >= 0.6 is 11.6 Å². The Hall–Kier alpha value is -1.09. The molecule has 4 heteroatoms. The molecule has 0 bridgehead atoms. The Kier molecular flexibility index (Phi) is 3.92. The zero-order chi connectivity index (χ0) is 12.3. The number of pyridine rings is 1. The highest BCUT2D eigenvalue weighted by atomic mass is 35.5. The smallest absolute Gasteiger partial charge is 0.255 e. The zero-order valence-electron chi connectivity index (χ0n) is 10.1. The normalized spacial score (nSPS) is 11.3. The van der Waals surface area contributed by atoms with Crippen LogP contribution in [0.4, 0.5) is 0 Å². The van der Waals surface area contributed by atoms with Gasteiger partial charge in [-0.15, -0.1) is 11.6 Å². The molecule has 1 amide bonds. The molecule has 16 heavy (non-hydrogen) atoms. The maximum absolute atomic E-state index is 12.2. The molecule has 0 aliphatic heterocycles. The third kappa shape index (κ3) is 2.53. The predicted molar refractivity (Wildman–Crippen MR) is 65.9 cm³/mol. The van der Waals surface area contributed by atoms with Crippen LogP contribution in [0.3, 0.4) is 0 Å². The summed E-state index contributed by atoms with van der Waals surface area (Å²) in [5, 5.41) is 0. The summed E-state index contributed by atoms with van der Waals surface area (Å²) >= 11 is 5.85. The molecule has 0 saturated carbocycles. The van der Waals surface area contributed by atoms with E-state index in [1.807, 2.05) is 20.8 Å². The molecular weight excluding hydrogens is 224 g/mol. The molecular formula is C12H17ClN2O. The Morgan fingerprint density at radius 1 is 1.56 bits per heavy atom. The molecule has 0 saturated heterocycles. The number of carbonyl (C=O) groups excluding carboxylic acids is 1. The van der Waals surface area contributed by atoms with E-state index in [2.05, 4.69) is 4.98 Å². The van der Waals surface area contributed by atoms with Gasteiger partial charge in [0.25, 0.3) is 5.91 Å². The summed E-state index contributed by atoms with van der Waals surface area (Å²) < 4.78 is 0. The molecule has 0 aliphatic carbocycles. The van der Waals surface area contributed by atoms with Crippen LogP contribution < -0.4 is 0 Å². The lowest BCUT2D eigenvalue weighted by Crippen LogP contribution is -2.46. The number of aryl methyl sites for hydroxylation is 1. The molecule has 0 aromatic carbocycles. The van der Waals surface area contributed by atoms with E-state index in [9.17, 15) is 4.79 Å². The molecule has 1 aromatic rings. The molecule has 0 fully saturated rings. The first-order chi connectivity index (χ1) is 7.40. The fraction of sp³-hybridized carbons (Fsp3) is 0.500. The molecule has 0 atom stereocenters. The van der Waals surface area contributed by atoms with E-state index >= 15 is 0 Å². The van der Waals surface area contributed by atoms with Gasteiger partial charge in [-0.05, 0) is 32.9 Å². The Bertz CT molecular complexity index is 390. The van der Waals surface area contributed by atoms with Gasteiger partial charge < -0.3 is 4.90 Å². The number of nitrogens with zero attached hydrogens (tertiary/aromatic N) is 2. The fourth-order valence-electron chi connectivity index (χ4n) is 1.26. The van der Waals surface area contributed by atoms with Crippen molar-refractivity contribution in [2.75, 3.05) is 12.9 Å². The number of rotatable bonds is 3. The van der Waals surface area contributed by atoms with Crippen LogP contribution in [-0.4, -0.2) is 34.3 Å². The van der Waals surface area contributed by atoms with Crippen molar-refractivity contribution in [3.8, 4) is 0 Å². The van der Waals surface area contributed by atoms with Crippen molar-refractivity contribution < 1.29 is 4.79 Å². The topological polar surface area (TPSA) is 33.2 Å². The summed E-state index contributed by atoms with van der Waals surface area (Å²) in [6.07, 6.45) is 1.68. The van der Waals surface area contributed by atoms with Gasteiger partial charge in [0, 0.05) is 24.8 Å². The van der Waals surface area contributed by atoms with Crippen molar-refractivity contribution in [2.45, 2.75) is 26.3 Å². The first kappa shape index (κ1) is 13.0. The van der Waals surface area contributed by atoms with Crippen LogP contribution in [0.25, 0.3) is 0 Å². The van der Waals surface area contributed by atoms with Crippen molar-refractivity contribution >= 4 is 17.5 Å². The quantitative estimate of drug-likeness (QED) is 0.761. The lowest BCUT2D eigenvalue weighted by Gasteiger charge is -2.34. The van der Waals surface area contributed by atoms with Gasteiger partial charge in [-0.3, -0.25) is 9.78 Å². The van der Waals surface area contributed by atoms with Gasteiger partial charge in [-0.1, -0.05) is 0 Å². The SMILES string of the molecule is Cc1ncccc1C(=O)N(C)C(C)(C)CCl. The van der Waals surface area contributed by atoms with Gasteiger partial charge in [0.05, 0.1) is 11.1 Å². The first-order valence-electron chi connectivity index (χ1n) is 5.16. The molecule has 3 nitrogen and oxygen atoms in total. The van der Waals surface area contributed by atoms with Gasteiger partial charge in [0.2, 0.25) is 0 Å². The van der Waals surface area contributed by atoms with Gasteiger partial charge in [-0.25, -0.2) is 0 Å². The monoisotopic (exact) mass is 240 g/mol. The minimum absolute atomic E-state index is 0.0451. The van der Waals surface area contributed by atoms with E-state index in [-0.39, 0.29) is 11.4 Å². The highest BCUT2D eigenvalue weighted by molar-refractivity contribution is 6.18. The molecule has 0 unspecified atom stereocenters. The van der Waals surface area contributed by atoms with Crippen LogP contribution in [0.2, 0.25) is 0 Å². The van der Waals surface area contributed by atoms with Crippen LogP contribution in [0.15, 0.2) is 18.3 Å². The summed E-state index contributed by atoms with van der Waals surface area (Å²) in [6.45, 7) is 5.70. The predicted octanol–water partition coefficient (Wildman–Crippen LogP) is 2.48. The summed E-state index contributed by atoms with van der Waals surface area (Å²) in [6, 6.07) is 3.55. The average molecular weight is 241 g/mol. The molecule has 88 valence electrons. The molecule has 0 radical (unpaired) electrons. The Morgan fingerprint density at radius 2 is 2.19 bits per heavy atom. The van der Waals surface area contributed by atoms with Gasteiger partial charge in [-0.2, -0.15) is 0 Å². The maximum atomic E-state index is 12.2. The van der Waals surface area contributed by atoms with E-state index in [4.69, 9.17) is 11.6 Å². The summed E-state index contributed by atoms with van der Waals surface area (Å²) in [5.74, 6) is 0.352. The van der Waals surface area contributed by atoms with Crippen molar-refractivity contribution in [2.24, 2.45) is 0 Å². The molecule has 1 aromatic heterocycles. The maximum Gasteiger partial charge on any atom is 0.255 e. The number of hydrogen-bond acceptors (Lipinski definition) is 2. The molecule has 0 N–H and O–H groups in total. The number of alkyl halides is 1. The summed E-state index contributed by atoms with van der Waals surface area (Å²) in [5.41, 5.74) is 1.01. The van der Waals surface area contributed by atoms with Crippen LogP contribution in [0, 0.1) is 6.92 Å². The molecule has 0 aliphatic rings. The second-order valence-corrected chi connectivity index (χ2v) is 4.71. The second kappa shape index (κ2) is 4.83. The minimum Gasteiger partial charge on any atom is -0.335 e. The number of aromatic nitrogens is 1. The number of carbonyl (C=O) groups is 1. The molecule has 0 spiro atoms. The van der Waals surface area contributed by atoms with Crippen LogP contribution in [0.1, 0.15) is 29.9 Å². The molecule has 1 rings (SSSR count). The summed E-state index contributed by atoms with van der Waals surface area (Å²) in [4.78, 5) is 18.0. The van der Waals surface area contributed by atoms with Crippen molar-refractivity contribution in [1.29, 1.82) is 0 Å². The van der Waals surface area contributed by atoms with Crippen molar-refractivity contribution in [3.63, 3.8) is 0 Å². The standard InChI is InChI=1S/C12H17ClN2O/c1-9-10(6-5-7-14-9)11(16)15(4)12(2,3)8-13/h5-7H,8H2,1-4H3. The van der Waals surface area contributed by atoms with E-state index < -0.39 is 0 Å². The zero-order valence-corrected chi connectivity index (χ0v) is 10.9. The third-order valence-corrected chi connectivity index (χ3v) is 3.43. The highest BCUT2D eigenvalue weighted by Gasteiger charge is 2.28. The van der Waals surface area contributed by atoms with Crippen molar-refractivity contribution in [3.05, 3.63) is 29.6 Å². The fourth-order valence-corrected chi connectivity index (χ4v) is 1.43. The minimum atomic E-state index is -0.360. The number of hydrogen-bond donors (Lipinski definition) is 0. The lowest BCUT2D eigenvalue weighted by molar-refractivity contribution is 0.0659. The molecule has 1 heterocycles. The lowest BCUT2D eigenvalue weighted by atomic mass is 10.0. The van der Waals surface area contributed by atoms with Crippen molar-refractivity contribution in [1.82, 2.24) is 9.88 Å². The van der Waals surface area contributed by atoms with E-state index in [1.165, 1.54) is 0 Å². The largest absolute Gasteiger partial charge is 0.335 e. The Balaban J connectivity index is 3.00. The van der Waals surface area contributed by atoms with Crippen LogP contribution in [0.5, 0.6) is 0 Å². The van der Waals surface area contributed by atoms with E-state index in [1.54, 1.807) is 30.3 Å². The van der Waals surface area contributed by atoms with E-state index in [0.717, 1.165) is 5.69 Å². The number of amides is 1. The Labute approximate surface area is 101 Å². The second-order valence-electron chi connectivity index (χ2n) is 4.45. The highest BCUT2D eigenvalue weighted by Crippen LogP contribution is 2.18. The number of halogens is 1. The third-order valence-electron chi connectivity index (χ3n) is 2.78. The van der Waals surface area contributed by atoms with Gasteiger partial charge in [0.15, 0.2) is 0 Å². The van der Waals surface area contributed by atoms with Crippen LogP contribution in [-0.2, 0) is 0 Å². The van der Waals surface area contributed by atoms with Gasteiger partial charge in [0.1, 0.15) is 0 Å². The van der Waals surface area contributed by atoms with Gasteiger partial charge >= 0.3 is 0 Å². The first-order valence-corrected chi connectivity index (χ1v) is 5.69. The Morgan fingerprint density at radius 3 is 2.69 bits per heavy atom.